The minimum absolute atomic E-state index is 0.0403. The van der Waals surface area contributed by atoms with E-state index in [0.717, 1.165) is 22.3 Å². The summed E-state index contributed by atoms with van der Waals surface area (Å²) in [7, 11) is 0. The first kappa shape index (κ1) is 15.2. The lowest BCUT2D eigenvalue weighted by Gasteiger charge is -2.10. The summed E-state index contributed by atoms with van der Waals surface area (Å²) < 4.78 is 5.21. The summed E-state index contributed by atoms with van der Waals surface area (Å²) in [5.74, 6) is 0.139. The van der Waals surface area contributed by atoms with E-state index in [4.69, 9.17) is 9.52 Å². The first-order valence-electron chi connectivity index (χ1n) is 7.41. The lowest BCUT2D eigenvalue weighted by atomic mass is 9.94. The van der Waals surface area contributed by atoms with Gasteiger partial charge >= 0.3 is 0 Å². The van der Waals surface area contributed by atoms with Crippen LogP contribution in [0.2, 0.25) is 0 Å². The van der Waals surface area contributed by atoms with Crippen LogP contribution in [0.15, 0.2) is 59.1 Å². The molecule has 23 heavy (non-hydrogen) atoms. The van der Waals surface area contributed by atoms with Gasteiger partial charge in [-0.3, -0.25) is 4.79 Å². The Balaban J connectivity index is 1.87. The summed E-state index contributed by atoms with van der Waals surface area (Å²) >= 11 is 0. The minimum Gasteiger partial charge on any atom is -0.436 e. The molecule has 4 nitrogen and oxygen atoms in total. The Morgan fingerprint density at radius 3 is 2.61 bits per heavy atom. The van der Waals surface area contributed by atoms with Crippen molar-refractivity contribution in [2.75, 3.05) is 0 Å². The minimum atomic E-state index is -0.261. The quantitative estimate of drug-likeness (QED) is 0.732. The summed E-state index contributed by atoms with van der Waals surface area (Å²) in [5, 5.41) is 8.98. The second-order valence-electron chi connectivity index (χ2n) is 5.35. The highest BCUT2D eigenvalue weighted by Gasteiger charge is 2.16. The molecule has 0 saturated heterocycles. The smallest absolute Gasteiger partial charge is 0.263 e. The summed E-state index contributed by atoms with van der Waals surface area (Å²) in [6, 6.07) is 16.0. The molecule has 0 radical (unpaired) electrons. The summed E-state index contributed by atoms with van der Waals surface area (Å²) in [6.07, 6.45) is 1.60. The number of hydrogen-bond donors (Lipinski definition) is 1. The van der Waals surface area contributed by atoms with Crippen molar-refractivity contribution in [2.24, 2.45) is 0 Å². The number of nitrogens with zero attached hydrogens (tertiary/aromatic N) is 1. The summed E-state index contributed by atoms with van der Waals surface area (Å²) in [4.78, 5) is 16.2. The van der Waals surface area contributed by atoms with Gasteiger partial charge in [0.05, 0.1) is 6.20 Å². The van der Waals surface area contributed by atoms with Crippen LogP contribution in [0.25, 0.3) is 11.1 Å². The predicted molar refractivity (Wildman–Crippen MR) is 87.1 cm³/mol. The maximum atomic E-state index is 12.3. The molecule has 0 aliphatic carbocycles. The third kappa shape index (κ3) is 3.22. The third-order valence-electron chi connectivity index (χ3n) is 3.83. The van der Waals surface area contributed by atoms with Crippen molar-refractivity contribution in [2.45, 2.75) is 20.0 Å². The molecule has 0 aliphatic rings. The molecule has 3 aromatic rings. The van der Waals surface area contributed by atoms with E-state index in [9.17, 15) is 4.79 Å². The van der Waals surface area contributed by atoms with Crippen molar-refractivity contribution in [3.8, 4) is 11.1 Å². The van der Waals surface area contributed by atoms with Gasteiger partial charge in [0.25, 0.3) is 5.89 Å². The molecule has 1 N–H and O–H groups in total. The monoisotopic (exact) mass is 307 g/mol. The van der Waals surface area contributed by atoms with E-state index in [2.05, 4.69) is 17.1 Å². The molecule has 0 fully saturated rings. The summed E-state index contributed by atoms with van der Waals surface area (Å²) in [6.45, 7) is 1.75. The fraction of sp³-hybridized carbons (Fsp3) is 0.158. The van der Waals surface area contributed by atoms with Crippen molar-refractivity contribution in [1.82, 2.24) is 4.98 Å². The van der Waals surface area contributed by atoms with Crippen LogP contribution >= 0.6 is 0 Å². The van der Waals surface area contributed by atoms with E-state index in [1.54, 1.807) is 0 Å². The van der Waals surface area contributed by atoms with Gasteiger partial charge in [-0.2, -0.15) is 0 Å². The van der Waals surface area contributed by atoms with Crippen molar-refractivity contribution in [1.29, 1.82) is 0 Å². The van der Waals surface area contributed by atoms with Crippen molar-refractivity contribution < 1.29 is 14.3 Å². The first-order valence-corrected chi connectivity index (χ1v) is 7.41. The second kappa shape index (κ2) is 6.58. The lowest BCUT2D eigenvalue weighted by Crippen LogP contribution is -2.05. The standard InChI is InChI=1S/C19H17NO3/c1-13-15(10-18(22)19-20-11-16(12-21)23-19)8-5-9-17(13)14-6-3-2-4-7-14/h2-9,11,21H,10,12H2,1H3. The van der Waals surface area contributed by atoms with Gasteiger partial charge in [0.1, 0.15) is 12.4 Å². The molecular formula is C19H17NO3. The number of ketones is 1. The zero-order valence-electron chi connectivity index (χ0n) is 12.8. The molecule has 0 atom stereocenters. The highest BCUT2D eigenvalue weighted by Crippen LogP contribution is 2.26. The molecule has 0 bridgehead atoms. The second-order valence-corrected chi connectivity index (χ2v) is 5.35. The number of aromatic nitrogens is 1. The highest BCUT2D eigenvalue weighted by atomic mass is 16.4. The number of aliphatic hydroxyl groups is 1. The molecule has 0 saturated carbocycles. The van der Waals surface area contributed by atoms with Crippen molar-refractivity contribution >= 4 is 5.78 Å². The zero-order valence-corrected chi connectivity index (χ0v) is 12.8. The number of hydrogen-bond acceptors (Lipinski definition) is 4. The predicted octanol–water partition coefficient (Wildman–Crippen LogP) is 3.57. The fourth-order valence-electron chi connectivity index (χ4n) is 2.56. The van der Waals surface area contributed by atoms with E-state index in [1.807, 2.05) is 43.3 Å². The Kier molecular flexibility index (Phi) is 4.35. The maximum absolute atomic E-state index is 12.3. The molecule has 0 unspecified atom stereocenters. The van der Waals surface area contributed by atoms with Crippen LogP contribution in [0.5, 0.6) is 0 Å². The Labute approximate surface area is 134 Å². The largest absolute Gasteiger partial charge is 0.436 e. The average molecular weight is 307 g/mol. The van der Waals surface area contributed by atoms with Gasteiger partial charge in [0.15, 0.2) is 0 Å². The van der Waals surface area contributed by atoms with Crippen LogP contribution in [-0.4, -0.2) is 15.9 Å². The number of Topliss-reactive ketones (excluding diaryl/α,β-unsaturated/α-hetero) is 1. The van der Waals surface area contributed by atoms with Gasteiger partial charge in [-0.1, -0.05) is 48.5 Å². The Morgan fingerprint density at radius 1 is 1.13 bits per heavy atom. The molecule has 0 amide bonds. The molecule has 0 aliphatic heterocycles. The van der Waals surface area contributed by atoms with E-state index in [1.165, 1.54) is 6.20 Å². The highest BCUT2D eigenvalue weighted by molar-refractivity contribution is 5.93. The molecule has 3 rings (SSSR count). The molecule has 2 aromatic carbocycles. The van der Waals surface area contributed by atoms with Crippen LogP contribution in [0.3, 0.4) is 0 Å². The molecule has 4 heteroatoms. The van der Waals surface area contributed by atoms with E-state index in [-0.39, 0.29) is 24.7 Å². The number of oxazole rings is 1. The summed E-state index contributed by atoms with van der Waals surface area (Å²) in [5.41, 5.74) is 4.25. The van der Waals surface area contributed by atoms with Gasteiger partial charge in [-0.15, -0.1) is 0 Å². The lowest BCUT2D eigenvalue weighted by molar-refractivity contribution is 0.0955. The van der Waals surface area contributed by atoms with E-state index < -0.39 is 0 Å². The number of carbonyl (C=O) groups is 1. The average Bonchev–Trinajstić information content (AvgIpc) is 3.07. The number of aliphatic hydroxyl groups excluding tert-OH is 1. The van der Waals surface area contributed by atoms with E-state index >= 15 is 0 Å². The molecule has 116 valence electrons. The SMILES string of the molecule is Cc1c(CC(=O)c2ncc(CO)o2)cccc1-c1ccccc1. The maximum Gasteiger partial charge on any atom is 0.263 e. The molecule has 1 aromatic heterocycles. The van der Waals surface area contributed by atoms with Gasteiger partial charge in [0, 0.05) is 6.42 Å². The third-order valence-corrected chi connectivity index (χ3v) is 3.83. The zero-order chi connectivity index (χ0) is 16.2. The Bertz CT molecular complexity index is 822. The van der Waals surface area contributed by atoms with Gasteiger partial charge in [-0.25, -0.2) is 4.98 Å². The normalized spacial score (nSPS) is 10.7. The van der Waals surface area contributed by atoms with Crippen LogP contribution in [-0.2, 0) is 13.0 Å². The van der Waals surface area contributed by atoms with Gasteiger partial charge in [-0.05, 0) is 29.2 Å². The topological polar surface area (TPSA) is 63.3 Å². The molecular weight excluding hydrogens is 290 g/mol. The Morgan fingerprint density at radius 2 is 1.91 bits per heavy atom. The fourth-order valence-corrected chi connectivity index (χ4v) is 2.56. The number of rotatable bonds is 5. The van der Waals surface area contributed by atoms with Crippen LogP contribution in [0.1, 0.15) is 27.6 Å². The molecule has 0 spiro atoms. The first-order chi connectivity index (χ1) is 11.2. The van der Waals surface area contributed by atoms with E-state index in [0.29, 0.717) is 5.76 Å². The number of carbonyl (C=O) groups excluding carboxylic acids is 1. The van der Waals surface area contributed by atoms with Gasteiger partial charge < -0.3 is 9.52 Å². The van der Waals surface area contributed by atoms with Crippen molar-refractivity contribution in [3.63, 3.8) is 0 Å². The van der Waals surface area contributed by atoms with Crippen LogP contribution in [0.4, 0.5) is 0 Å². The van der Waals surface area contributed by atoms with Gasteiger partial charge in [0.2, 0.25) is 5.78 Å². The van der Waals surface area contributed by atoms with Crippen LogP contribution < -0.4 is 0 Å². The van der Waals surface area contributed by atoms with Crippen LogP contribution in [0, 0.1) is 6.92 Å². The Hall–Kier alpha value is -2.72. The van der Waals surface area contributed by atoms with Crippen molar-refractivity contribution in [3.05, 3.63) is 77.5 Å². The number of benzene rings is 2. The molecule has 1 heterocycles.